The molecule has 0 bridgehead atoms. The number of nitrogens with one attached hydrogen (secondary N) is 1. The largest absolute Gasteiger partial charge is 0.464 e. The molecule has 0 aliphatic heterocycles. The molecule has 0 atom stereocenters. The molecule has 0 radical (unpaired) electrons. The van der Waals surface area contributed by atoms with Crippen molar-refractivity contribution in [3.63, 3.8) is 0 Å². The molecule has 2 aromatic heterocycles. The van der Waals surface area contributed by atoms with E-state index in [0.29, 0.717) is 24.9 Å². The molecule has 2 rings (SSSR count). The summed E-state index contributed by atoms with van der Waals surface area (Å²) < 4.78 is 10.2. The van der Waals surface area contributed by atoms with Crippen molar-refractivity contribution in [3.05, 3.63) is 22.8 Å². The van der Waals surface area contributed by atoms with E-state index in [4.69, 9.17) is 20.9 Å². The summed E-state index contributed by atoms with van der Waals surface area (Å²) in [5.41, 5.74) is 0.815. The van der Waals surface area contributed by atoms with E-state index in [9.17, 15) is 0 Å². The minimum Gasteiger partial charge on any atom is -0.464 e. The average molecular weight is 270 g/mol. The summed E-state index contributed by atoms with van der Waals surface area (Å²) in [5, 5.41) is 6.80. The molecular weight excluding hydrogens is 258 g/mol. The summed E-state index contributed by atoms with van der Waals surface area (Å²) in [5.74, 6) is 1.01. The fraction of sp³-hybridized carbons (Fsp3) is 0.400. The van der Waals surface area contributed by atoms with Gasteiger partial charge in [0.1, 0.15) is 0 Å². The third-order valence-corrected chi connectivity index (χ3v) is 2.13. The first-order valence-corrected chi connectivity index (χ1v) is 5.75. The van der Waals surface area contributed by atoms with Crippen LogP contribution in [-0.2, 0) is 6.54 Å². The fourth-order valence-electron chi connectivity index (χ4n) is 1.27. The van der Waals surface area contributed by atoms with Gasteiger partial charge in [-0.2, -0.15) is 15.0 Å². The molecule has 0 saturated heterocycles. The van der Waals surface area contributed by atoms with Crippen molar-refractivity contribution in [2.75, 3.05) is 11.9 Å². The van der Waals surface area contributed by atoms with E-state index in [0.717, 1.165) is 5.69 Å². The first-order chi connectivity index (χ1) is 8.67. The van der Waals surface area contributed by atoms with Crippen molar-refractivity contribution in [2.24, 2.45) is 0 Å². The van der Waals surface area contributed by atoms with Crippen molar-refractivity contribution in [1.29, 1.82) is 0 Å². The van der Waals surface area contributed by atoms with Crippen LogP contribution in [0.4, 0.5) is 5.95 Å². The number of hydrogen-bond donors (Lipinski definition) is 1. The molecule has 0 fully saturated rings. The van der Waals surface area contributed by atoms with Crippen LogP contribution in [0.1, 0.15) is 18.4 Å². The molecule has 0 unspecified atom stereocenters. The Morgan fingerprint density at radius 2 is 2.22 bits per heavy atom. The Morgan fingerprint density at radius 3 is 2.89 bits per heavy atom. The van der Waals surface area contributed by atoms with Gasteiger partial charge in [0.25, 0.3) is 0 Å². The number of hydrogen-bond acceptors (Lipinski definition) is 7. The van der Waals surface area contributed by atoms with Crippen LogP contribution in [0.15, 0.2) is 10.6 Å². The molecule has 0 spiro atoms. The van der Waals surface area contributed by atoms with Gasteiger partial charge in [0.2, 0.25) is 11.2 Å². The van der Waals surface area contributed by atoms with Gasteiger partial charge in [-0.25, -0.2) is 0 Å². The minimum atomic E-state index is 0.0738. The Labute approximate surface area is 109 Å². The van der Waals surface area contributed by atoms with Gasteiger partial charge < -0.3 is 14.6 Å². The molecule has 0 aromatic carbocycles. The first-order valence-electron chi connectivity index (χ1n) is 5.38. The lowest BCUT2D eigenvalue weighted by Crippen LogP contribution is -2.06. The van der Waals surface area contributed by atoms with Gasteiger partial charge in [-0.1, -0.05) is 5.16 Å². The third-order valence-electron chi connectivity index (χ3n) is 1.96. The summed E-state index contributed by atoms with van der Waals surface area (Å²) in [7, 11) is 0. The number of ether oxygens (including phenoxy) is 1. The highest BCUT2D eigenvalue weighted by Crippen LogP contribution is 2.12. The second-order valence-electron chi connectivity index (χ2n) is 3.43. The summed E-state index contributed by atoms with van der Waals surface area (Å²) in [6, 6.07) is 2.01. The van der Waals surface area contributed by atoms with Crippen molar-refractivity contribution < 1.29 is 9.26 Å². The van der Waals surface area contributed by atoms with E-state index in [1.807, 2.05) is 19.9 Å². The molecule has 0 aliphatic rings. The zero-order valence-corrected chi connectivity index (χ0v) is 10.7. The lowest BCUT2D eigenvalue weighted by atomic mass is 10.4. The van der Waals surface area contributed by atoms with Gasteiger partial charge in [0.05, 0.1) is 18.8 Å². The smallest absolute Gasteiger partial charge is 0.322 e. The molecule has 0 saturated carbocycles. The van der Waals surface area contributed by atoms with Crippen LogP contribution in [-0.4, -0.2) is 26.7 Å². The standard InChI is InChI=1S/C10H12ClN5O2/c1-3-17-10-14-8(11)13-9(15-10)12-5-7-4-6(2)16-18-7/h4H,3,5H2,1-2H3,(H,12,13,14,15). The highest BCUT2D eigenvalue weighted by Gasteiger charge is 2.07. The quantitative estimate of drug-likeness (QED) is 0.886. The van der Waals surface area contributed by atoms with Crippen LogP contribution in [0.2, 0.25) is 5.28 Å². The van der Waals surface area contributed by atoms with Gasteiger partial charge in [-0.15, -0.1) is 0 Å². The number of nitrogens with zero attached hydrogens (tertiary/aromatic N) is 4. The van der Waals surface area contributed by atoms with Crippen molar-refractivity contribution in [2.45, 2.75) is 20.4 Å². The van der Waals surface area contributed by atoms with Gasteiger partial charge in [-0.05, 0) is 25.4 Å². The number of rotatable bonds is 5. The Balaban J connectivity index is 2.04. The van der Waals surface area contributed by atoms with E-state index < -0.39 is 0 Å². The van der Waals surface area contributed by atoms with Crippen LogP contribution >= 0.6 is 11.6 Å². The normalized spacial score (nSPS) is 10.4. The molecule has 7 nitrogen and oxygen atoms in total. The topological polar surface area (TPSA) is 86.0 Å². The zero-order valence-electron chi connectivity index (χ0n) is 9.97. The SMILES string of the molecule is CCOc1nc(Cl)nc(NCc2cc(C)no2)n1. The third kappa shape index (κ3) is 3.30. The van der Waals surface area contributed by atoms with Gasteiger partial charge in [0, 0.05) is 6.07 Å². The van der Waals surface area contributed by atoms with Crippen LogP contribution < -0.4 is 10.1 Å². The summed E-state index contributed by atoms with van der Waals surface area (Å²) in [6.07, 6.45) is 0. The van der Waals surface area contributed by atoms with Gasteiger partial charge in [0.15, 0.2) is 5.76 Å². The predicted octanol–water partition coefficient (Wildman–Crippen LogP) is 1.83. The maximum Gasteiger partial charge on any atom is 0.322 e. The minimum absolute atomic E-state index is 0.0738. The lowest BCUT2D eigenvalue weighted by molar-refractivity contribution is 0.312. The molecular formula is C10H12ClN5O2. The number of anilines is 1. The Bertz CT molecular complexity index is 531. The number of aryl methyl sites for hydroxylation is 1. The van der Waals surface area contributed by atoms with Crippen molar-refractivity contribution in [3.8, 4) is 6.01 Å². The Morgan fingerprint density at radius 1 is 1.39 bits per heavy atom. The van der Waals surface area contributed by atoms with Gasteiger partial charge >= 0.3 is 6.01 Å². The molecule has 18 heavy (non-hydrogen) atoms. The van der Waals surface area contributed by atoms with E-state index in [2.05, 4.69) is 25.4 Å². The van der Waals surface area contributed by atoms with E-state index >= 15 is 0 Å². The molecule has 0 amide bonds. The highest BCUT2D eigenvalue weighted by atomic mass is 35.5. The average Bonchev–Trinajstić information content (AvgIpc) is 2.72. The number of halogens is 1. The first kappa shape index (κ1) is 12.6. The summed E-state index contributed by atoms with van der Waals surface area (Å²) in [6.45, 7) is 4.55. The summed E-state index contributed by atoms with van der Waals surface area (Å²) in [4.78, 5) is 11.8. The molecule has 2 aromatic rings. The molecule has 1 N–H and O–H groups in total. The maximum atomic E-state index is 5.75. The van der Waals surface area contributed by atoms with E-state index in [-0.39, 0.29) is 11.3 Å². The van der Waals surface area contributed by atoms with E-state index in [1.54, 1.807) is 0 Å². The second-order valence-corrected chi connectivity index (χ2v) is 3.77. The monoisotopic (exact) mass is 269 g/mol. The molecule has 0 aliphatic carbocycles. The molecule has 2 heterocycles. The highest BCUT2D eigenvalue weighted by molar-refractivity contribution is 6.28. The Hall–Kier alpha value is -1.89. The fourth-order valence-corrected chi connectivity index (χ4v) is 1.42. The molecule has 8 heteroatoms. The van der Waals surface area contributed by atoms with Crippen LogP contribution in [0.5, 0.6) is 6.01 Å². The Kier molecular flexibility index (Phi) is 3.93. The van der Waals surface area contributed by atoms with Crippen LogP contribution in [0.25, 0.3) is 0 Å². The van der Waals surface area contributed by atoms with Gasteiger partial charge in [-0.3, -0.25) is 0 Å². The lowest BCUT2D eigenvalue weighted by Gasteiger charge is -2.05. The second kappa shape index (κ2) is 5.63. The zero-order chi connectivity index (χ0) is 13.0. The van der Waals surface area contributed by atoms with Crippen LogP contribution in [0.3, 0.4) is 0 Å². The predicted molar refractivity (Wildman–Crippen MR) is 64.6 cm³/mol. The van der Waals surface area contributed by atoms with Crippen LogP contribution in [0, 0.1) is 6.92 Å². The summed E-state index contributed by atoms with van der Waals surface area (Å²) >= 11 is 5.75. The number of aromatic nitrogens is 4. The maximum absolute atomic E-state index is 5.75. The van der Waals surface area contributed by atoms with Crippen molar-refractivity contribution in [1.82, 2.24) is 20.1 Å². The van der Waals surface area contributed by atoms with E-state index in [1.165, 1.54) is 0 Å². The molecule has 96 valence electrons. The van der Waals surface area contributed by atoms with Crippen molar-refractivity contribution >= 4 is 17.5 Å².